The van der Waals surface area contributed by atoms with Crippen molar-refractivity contribution >= 4 is 23.2 Å². The predicted octanol–water partition coefficient (Wildman–Crippen LogP) is 2.11. The molecular formula is C20H28N6O2. The number of fused-ring (bicyclic) bond motifs is 1. The lowest BCUT2D eigenvalue weighted by Gasteiger charge is -2.20. The second-order valence-corrected chi connectivity index (χ2v) is 8.19. The molecule has 150 valence electrons. The van der Waals surface area contributed by atoms with Crippen LogP contribution >= 0.6 is 0 Å². The fourth-order valence-electron chi connectivity index (χ4n) is 3.03. The molecular weight excluding hydrogens is 356 g/mol. The minimum Gasteiger partial charge on any atom is -0.473 e. The van der Waals surface area contributed by atoms with Gasteiger partial charge in [0.2, 0.25) is 11.8 Å². The normalized spacial score (nSPS) is 19.4. The number of carbonyl (C=O) groups excluding carboxylic acids is 1. The molecule has 0 bridgehead atoms. The van der Waals surface area contributed by atoms with Gasteiger partial charge >= 0.3 is 0 Å². The monoisotopic (exact) mass is 384 g/mol. The highest BCUT2D eigenvalue weighted by Gasteiger charge is 2.29. The predicted molar refractivity (Wildman–Crippen MR) is 109 cm³/mol. The van der Waals surface area contributed by atoms with E-state index in [2.05, 4.69) is 15.4 Å². The summed E-state index contributed by atoms with van der Waals surface area (Å²) in [6.45, 7) is 10.6. The molecule has 3 heterocycles. The molecule has 0 unspecified atom stereocenters. The SMILES string of the molecule is Cc1cnn2cc(C(C=NC(C)(C)C)=CN)nc(O[C@H](C)[C@H]3CNC(=O)C3)c12. The Kier molecular flexibility index (Phi) is 5.40. The fraction of sp³-hybridized carbons (Fsp3) is 0.500. The highest BCUT2D eigenvalue weighted by molar-refractivity contribution is 6.09. The van der Waals surface area contributed by atoms with Crippen LogP contribution in [0.5, 0.6) is 5.88 Å². The zero-order valence-electron chi connectivity index (χ0n) is 17.1. The van der Waals surface area contributed by atoms with Gasteiger partial charge in [-0.05, 0) is 34.6 Å². The molecule has 8 nitrogen and oxygen atoms in total. The van der Waals surface area contributed by atoms with E-state index in [-0.39, 0.29) is 23.5 Å². The Morgan fingerprint density at radius 3 is 2.86 bits per heavy atom. The summed E-state index contributed by atoms with van der Waals surface area (Å²) in [6, 6.07) is 0. The number of aryl methyl sites for hydroxylation is 1. The van der Waals surface area contributed by atoms with Crippen molar-refractivity contribution < 1.29 is 9.53 Å². The average Bonchev–Trinajstić information content (AvgIpc) is 3.21. The van der Waals surface area contributed by atoms with Gasteiger partial charge < -0.3 is 15.8 Å². The van der Waals surface area contributed by atoms with Crippen molar-refractivity contribution in [3.05, 3.63) is 29.9 Å². The van der Waals surface area contributed by atoms with E-state index in [0.29, 0.717) is 30.1 Å². The number of carbonyl (C=O) groups is 1. The third-order valence-corrected chi connectivity index (χ3v) is 4.68. The lowest BCUT2D eigenvalue weighted by molar-refractivity contribution is -0.119. The summed E-state index contributed by atoms with van der Waals surface area (Å²) in [4.78, 5) is 20.8. The van der Waals surface area contributed by atoms with Gasteiger partial charge in [0.1, 0.15) is 11.6 Å². The number of nitrogens with zero attached hydrogens (tertiary/aromatic N) is 4. The third-order valence-electron chi connectivity index (χ3n) is 4.68. The van der Waals surface area contributed by atoms with Crippen LogP contribution in [-0.4, -0.2) is 44.9 Å². The number of ether oxygens (including phenoxy) is 1. The highest BCUT2D eigenvalue weighted by Crippen LogP contribution is 2.27. The molecule has 3 N–H and O–H groups in total. The molecule has 2 aromatic heterocycles. The van der Waals surface area contributed by atoms with Crippen molar-refractivity contribution in [1.82, 2.24) is 19.9 Å². The summed E-state index contributed by atoms with van der Waals surface area (Å²) in [5, 5.41) is 7.25. The van der Waals surface area contributed by atoms with Crippen LogP contribution in [0.15, 0.2) is 23.6 Å². The number of rotatable bonds is 5. The zero-order valence-corrected chi connectivity index (χ0v) is 17.1. The van der Waals surface area contributed by atoms with E-state index in [1.807, 2.05) is 40.8 Å². The van der Waals surface area contributed by atoms with Crippen molar-refractivity contribution in [3.63, 3.8) is 0 Å². The number of allylic oxidation sites excluding steroid dienone is 1. The van der Waals surface area contributed by atoms with Crippen LogP contribution in [0.3, 0.4) is 0 Å². The minimum absolute atomic E-state index is 0.0552. The number of hydrogen-bond acceptors (Lipinski definition) is 6. The van der Waals surface area contributed by atoms with Gasteiger partial charge in [-0.3, -0.25) is 9.79 Å². The maximum Gasteiger partial charge on any atom is 0.241 e. The first-order valence-corrected chi connectivity index (χ1v) is 9.44. The first kappa shape index (κ1) is 19.9. The largest absolute Gasteiger partial charge is 0.473 e. The zero-order chi connectivity index (χ0) is 20.5. The van der Waals surface area contributed by atoms with Crippen LogP contribution in [0.25, 0.3) is 11.1 Å². The van der Waals surface area contributed by atoms with Crippen LogP contribution in [0.4, 0.5) is 0 Å². The first-order chi connectivity index (χ1) is 13.2. The van der Waals surface area contributed by atoms with Crippen LogP contribution in [0.2, 0.25) is 0 Å². The number of nitrogens with two attached hydrogens (primary N) is 1. The molecule has 28 heavy (non-hydrogen) atoms. The van der Waals surface area contributed by atoms with Crippen LogP contribution in [-0.2, 0) is 4.79 Å². The van der Waals surface area contributed by atoms with Crippen LogP contribution < -0.4 is 15.8 Å². The number of nitrogens with one attached hydrogen (secondary N) is 1. The number of aliphatic imine (C=N–C) groups is 1. The number of aromatic nitrogens is 3. The van der Waals surface area contributed by atoms with Gasteiger partial charge in [0.05, 0.1) is 23.6 Å². The Balaban J connectivity index is 1.98. The van der Waals surface area contributed by atoms with Gasteiger partial charge in [-0.25, -0.2) is 9.50 Å². The molecule has 1 fully saturated rings. The topological polar surface area (TPSA) is 107 Å². The molecule has 1 saturated heterocycles. The molecule has 2 aromatic rings. The quantitative estimate of drug-likeness (QED) is 0.768. The Morgan fingerprint density at radius 1 is 1.50 bits per heavy atom. The Labute approximate surface area is 164 Å². The molecule has 0 radical (unpaired) electrons. The van der Waals surface area contributed by atoms with Crippen LogP contribution in [0, 0.1) is 12.8 Å². The van der Waals surface area contributed by atoms with E-state index < -0.39 is 0 Å². The minimum atomic E-state index is -0.226. The summed E-state index contributed by atoms with van der Waals surface area (Å²) in [7, 11) is 0. The van der Waals surface area contributed by atoms with Crippen molar-refractivity contribution in [2.45, 2.75) is 52.7 Å². The molecule has 0 spiro atoms. The second-order valence-electron chi connectivity index (χ2n) is 8.19. The molecule has 1 aliphatic rings. The standard InChI is InChI=1S/C20H28N6O2/c1-12-8-24-26-11-16(15(7-21)10-23-20(3,4)5)25-19(18(12)26)28-13(2)14-6-17(27)22-9-14/h7-8,10-11,13-14H,6,9,21H2,1-5H3,(H,22,27)/t13-,14-/m1/s1. The van der Waals surface area contributed by atoms with Gasteiger partial charge in [-0.1, -0.05) is 0 Å². The molecule has 0 saturated carbocycles. The summed E-state index contributed by atoms with van der Waals surface area (Å²) in [5.41, 5.74) is 8.68. The van der Waals surface area contributed by atoms with Gasteiger partial charge in [0, 0.05) is 42.4 Å². The van der Waals surface area contributed by atoms with Crippen molar-refractivity contribution in [1.29, 1.82) is 0 Å². The van der Waals surface area contributed by atoms with E-state index in [9.17, 15) is 4.79 Å². The Morgan fingerprint density at radius 2 is 2.25 bits per heavy atom. The fourth-order valence-corrected chi connectivity index (χ4v) is 3.03. The first-order valence-electron chi connectivity index (χ1n) is 9.44. The Hall–Kier alpha value is -2.90. The summed E-state index contributed by atoms with van der Waals surface area (Å²) < 4.78 is 7.95. The smallest absolute Gasteiger partial charge is 0.241 e. The number of amides is 1. The number of hydrogen-bond donors (Lipinski definition) is 2. The lowest BCUT2D eigenvalue weighted by atomic mass is 10.0. The maximum absolute atomic E-state index is 11.5. The van der Waals surface area contributed by atoms with Crippen molar-refractivity contribution in [2.24, 2.45) is 16.6 Å². The van der Waals surface area contributed by atoms with Crippen molar-refractivity contribution in [3.8, 4) is 5.88 Å². The van der Waals surface area contributed by atoms with E-state index in [0.717, 1.165) is 11.1 Å². The maximum atomic E-state index is 11.5. The molecule has 0 aliphatic carbocycles. The summed E-state index contributed by atoms with van der Waals surface area (Å²) in [6.07, 6.45) is 7.07. The van der Waals surface area contributed by atoms with E-state index in [1.165, 1.54) is 6.20 Å². The summed E-state index contributed by atoms with van der Waals surface area (Å²) >= 11 is 0. The molecule has 1 amide bonds. The van der Waals surface area contributed by atoms with Crippen LogP contribution in [0.1, 0.15) is 45.4 Å². The molecule has 1 aliphatic heterocycles. The van der Waals surface area contributed by atoms with Gasteiger partial charge in [0.15, 0.2) is 0 Å². The molecule has 0 aromatic carbocycles. The highest BCUT2D eigenvalue weighted by atomic mass is 16.5. The van der Waals surface area contributed by atoms with Gasteiger partial charge in [0.25, 0.3) is 0 Å². The summed E-state index contributed by atoms with van der Waals surface area (Å²) in [5.74, 6) is 0.635. The van der Waals surface area contributed by atoms with E-state index in [4.69, 9.17) is 15.5 Å². The Bertz CT molecular complexity index is 938. The van der Waals surface area contributed by atoms with Gasteiger partial charge in [-0.15, -0.1) is 0 Å². The second kappa shape index (κ2) is 7.61. The lowest BCUT2D eigenvalue weighted by Crippen LogP contribution is -2.26. The van der Waals surface area contributed by atoms with E-state index in [1.54, 1.807) is 16.9 Å². The molecule has 3 rings (SSSR count). The van der Waals surface area contributed by atoms with Gasteiger partial charge in [-0.2, -0.15) is 5.10 Å². The third kappa shape index (κ3) is 4.32. The average molecular weight is 384 g/mol. The van der Waals surface area contributed by atoms with E-state index >= 15 is 0 Å². The van der Waals surface area contributed by atoms with Crippen molar-refractivity contribution in [2.75, 3.05) is 6.54 Å². The molecule has 8 heteroatoms. The molecule has 2 atom stereocenters.